The van der Waals surface area contributed by atoms with Gasteiger partial charge in [0.15, 0.2) is 11.0 Å². The number of carbonyl (C=O) groups is 1. The Morgan fingerprint density at radius 3 is 2.69 bits per heavy atom. The van der Waals surface area contributed by atoms with E-state index in [9.17, 15) is 4.79 Å². The number of carbonyl (C=O) groups excluding carboxylic acids is 1. The van der Waals surface area contributed by atoms with Gasteiger partial charge in [-0.05, 0) is 49.0 Å². The number of hydrogen-bond acceptors (Lipinski definition) is 3. The van der Waals surface area contributed by atoms with Crippen LogP contribution in [0, 0.1) is 5.92 Å². The van der Waals surface area contributed by atoms with Crippen LogP contribution in [0.4, 0.5) is 0 Å². The molecule has 5 heteroatoms. The summed E-state index contributed by atoms with van der Waals surface area (Å²) in [6.45, 7) is 2.20. The molecular weight excluding hydrogens is 228 g/mol. The molecule has 1 amide bonds. The molecule has 0 radical (unpaired) electrons. The smallest absolute Gasteiger partial charge is 0.289 e. The quantitative estimate of drug-likeness (QED) is 0.860. The Labute approximate surface area is 99.3 Å². The third kappa shape index (κ3) is 2.39. The molecule has 1 fully saturated rings. The molecule has 0 aliphatic carbocycles. The fourth-order valence-electron chi connectivity index (χ4n) is 1.96. The summed E-state index contributed by atoms with van der Waals surface area (Å²) in [4.78, 5) is 13.7. The van der Waals surface area contributed by atoms with Crippen molar-refractivity contribution in [2.24, 2.45) is 11.7 Å². The lowest BCUT2D eigenvalue weighted by molar-refractivity contribution is 0.0661. The van der Waals surface area contributed by atoms with Gasteiger partial charge < -0.3 is 15.1 Å². The lowest BCUT2D eigenvalue weighted by Gasteiger charge is -2.30. The normalized spacial score (nSPS) is 17.8. The highest BCUT2D eigenvalue weighted by Crippen LogP contribution is 2.20. The van der Waals surface area contributed by atoms with Crippen molar-refractivity contribution in [2.45, 2.75) is 12.8 Å². The van der Waals surface area contributed by atoms with E-state index in [0.29, 0.717) is 18.2 Å². The predicted octanol–water partition coefficient (Wildman–Crippen LogP) is 1.74. The maximum absolute atomic E-state index is 12.0. The summed E-state index contributed by atoms with van der Waals surface area (Å²) >= 11 is 5.64. The Bertz CT molecular complexity index is 370. The van der Waals surface area contributed by atoms with E-state index in [0.717, 1.165) is 25.9 Å². The first-order valence-electron chi connectivity index (χ1n) is 5.45. The average molecular weight is 243 g/mol. The number of piperidine rings is 1. The lowest BCUT2D eigenvalue weighted by Crippen LogP contribution is -2.39. The van der Waals surface area contributed by atoms with Crippen molar-refractivity contribution in [2.75, 3.05) is 19.6 Å². The molecule has 0 aromatic carbocycles. The molecule has 0 atom stereocenters. The minimum absolute atomic E-state index is 0.0811. The van der Waals surface area contributed by atoms with E-state index in [1.807, 2.05) is 0 Å². The van der Waals surface area contributed by atoms with E-state index in [2.05, 4.69) is 0 Å². The third-order valence-electron chi connectivity index (χ3n) is 3.02. The average Bonchev–Trinajstić information content (AvgIpc) is 2.75. The minimum Gasteiger partial charge on any atom is -0.440 e. The monoisotopic (exact) mass is 242 g/mol. The van der Waals surface area contributed by atoms with E-state index < -0.39 is 0 Å². The van der Waals surface area contributed by atoms with E-state index in [4.69, 9.17) is 21.8 Å². The van der Waals surface area contributed by atoms with Crippen LogP contribution in [0.15, 0.2) is 16.5 Å². The van der Waals surface area contributed by atoms with Gasteiger partial charge in [-0.3, -0.25) is 4.79 Å². The Hall–Kier alpha value is -1.00. The highest BCUT2D eigenvalue weighted by molar-refractivity contribution is 6.29. The Balaban J connectivity index is 1.96. The predicted molar refractivity (Wildman–Crippen MR) is 61.4 cm³/mol. The van der Waals surface area contributed by atoms with Gasteiger partial charge in [0.25, 0.3) is 5.91 Å². The second-order valence-corrected chi connectivity index (χ2v) is 4.45. The van der Waals surface area contributed by atoms with Crippen LogP contribution in [0.3, 0.4) is 0 Å². The zero-order valence-corrected chi connectivity index (χ0v) is 9.74. The number of amides is 1. The number of hydrogen-bond donors (Lipinski definition) is 1. The molecule has 1 aromatic heterocycles. The molecule has 0 spiro atoms. The second-order valence-electron chi connectivity index (χ2n) is 4.08. The Morgan fingerprint density at radius 2 is 2.19 bits per heavy atom. The maximum atomic E-state index is 12.0. The Morgan fingerprint density at radius 1 is 1.50 bits per heavy atom. The van der Waals surface area contributed by atoms with Crippen LogP contribution in [-0.2, 0) is 0 Å². The maximum Gasteiger partial charge on any atom is 0.289 e. The number of furan rings is 1. The summed E-state index contributed by atoms with van der Waals surface area (Å²) in [6.07, 6.45) is 1.94. The van der Waals surface area contributed by atoms with Crippen LogP contribution in [0.1, 0.15) is 23.4 Å². The van der Waals surface area contributed by atoms with E-state index in [1.54, 1.807) is 17.0 Å². The van der Waals surface area contributed by atoms with Crippen LogP contribution in [0.5, 0.6) is 0 Å². The van der Waals surface area contributed by atoms with Crippen molar-refractivity contribution in [3.8, 4) is 0 Å². The first kappa shape index (κ1) is 11.5. The number of rotatable bonds is 2. The van der Waals surface area contributed by atoms with Gasteiger partial charge in [0, 0.05) is 13.1 Å². The van der Waals surface area contributed by atoms with Crippen LogP contribution in [0.25, 0.3) is 0 Å². The molecule has 0 bridgehead atoms. The van der Waals surface area contributed by atoms with Crippen LogP contribution >= 0.6 is 11.6 Å². The number of halogens is 1. The molecule has 16 heavy (non-hydrogen) atoms. The van der Waals surface area contributed by atoms with Gasteiger partial charge in [-0.2, -0.15) is 0 Å². The second kappa shape index (κ2) is 4.89. The zero-order valence-electron chi connectivity index (χ0n) is 8.99. The minimum atomic E-state index is -0.0811. The summed E-state index contributed by atoms with van der Waals surface area (Å²) < 4.78 is 5.10. The molecule has 1 saturated heterocycles. The summed E-state index contributed by atoms with van der Waals surface area (Å²) in [5.41, 5.74) is 5.60. The van der Waals surface area contributed by atoms with Crippen molar-refractivity contribution in [3.63, 3.8) is 0 Å². The largest absolute Gasteiger partial charge is 0.440 e. The number of nitrogens with zero attached hydrogens (tertiary/aromatic N) is 1. The van der Waals surface area contributed by atoms with Gasteiger partial charge in [-0.25, -0.2) is 0 Å². The number of likely N-dealkylation sites (tertiary alicyclic amines) is 1. The van der Waals surface area contributed by atoms with Gasteiger partial charge in [-0.1, -0.05) is 0 Å². The fourth-order valence-corrected chi connectivity index (χ4v) is 2.10. The molecule has 88 valence electrons. The number of nitrogens with two attached hydrogens (primary N) is 1. The topological polar surface area (TPSA) is 59.5 Å². The molecule has 0 saturated carbocycles. The van der Waals surface area contributed by atoms with Crippen molar-refractivity contribution in [1.29, 1.82) is 0 Å². The molecule has 2 heterocycles. The highest BCUT2D eigenvalue weighted by atomic mass is 35.5. The fraction of sp³-hybridized carbons (Fsp3) is 0.545. The molecule has 1 aromatic rings. The van der Waals surface area contributed by atoms with Crippen molar-refractivity contribution in [1.82, 2.24) is 4.90 Å². The highest BCUT2D eigenvalue weighted by Gasteiger charge is 2.24. The molecular formula is C11H15ClN2O2. The van der Waals surface area contributed by atoms with Gasteiger partial charge in [0.1, 0.15) is 0 Å². The van der Waals surface area contributed by atoms with Gasteiger partial charge >= 0.3 is 0 Å². The molecule has 1 aliphatic heterocycles. The molecule has 1 aliphatic rings. The lowest BCUT2D eigenvalue weighted by atomic mass is 9.97. The summed E-state index contributed by atoms with van der Waals surface area (Å²) in [7, 11) is 0. The van der Waals surface area contributed by atoms with Crippen LogP contribution < -0.4 is 5.73 Å². The summed E-state index contributed by atoms with van der Waals surface area (Å²) in [6, 6.07) is 3.20. The van der Waals surface area contributed by atoms with Crippen LogP contribution in [-0.4, -0.2) is 30.4 Å². The summed E-state index contributed by atoms with van der Waals surface area (Å²) in [5.74, 6) is 0.780. The first-order chi connectivity index (χ1) is 7.70. The zero-order chi connectivity index (χ0) is 11.5. The first-order valence-corrected chi connectivity index (χ1v) is 5.83. The molecule has 2 rings (SSSR count). The van der Waals surface area contributed by atoms with E-state index in [-0.39, 0.29) is 11.1 Å². The van der Waals surface area contributed by atoms with Crippen LogP contribution in [0.2, 0.25) is 5.22 Å². The molecule has 2 N–H and O–H groups in total. The van der Waals surface area contributed by atoms with E-state index >= 15 is 0 Å². The summed E-state index contributed by atoms with van der Waals surface area (Å²) in [5, 5.41) is 0.250. The SMILES string of the molecule is NCC1CCN(C(=O)c2ccc(Cl)o2)CC1. The third-order valence-corrected chi connectivity index (χ3v) is 3.22. The van der Waals surface area contributed by atoms with Gasteiger partial charge in [0.05, 0.1) is 0 Å². The van der Waals surface area contributed by atoms with Crippen molar-refractivity contribution >= 4 is 17.5 Å². The Kier molecular flexibility index (Phi) is 3.51. The van der Waals surface area contributed by atoms with Gasteiger partial charge in [0.2, 0.25) is 0 Å². The molecule has 0 unspecified atom stereocenters. The van der Waals surface area contributed by atoms with Gasteiger partial charge in [-0.15, -0.1) is 0 Å². The standard InChI is InChI=1S/C11H15ClN2O2/c12-10-2-1-9(16-10)11(15)14-5-3-8(7-13)4-6-14/h1-2,8H,3-7,13H2. The molecule has 4 nitrogen and oxygen atoms in total. The van der Waals surface area contributed by atoms with Crippen molar-refractivity contribution in [3.05, 3.63) is 23.1 Å². The van der Waals surface area contributed by atoms with E-state index in [1.165, 1.54) is 0 Å². The van der Waals surface area contributed by atoms with Crippen molar-refractivity contribution < 1.29 is 9.21 Å².